The van der Waals surface area contributed by atoms with Crippen molar-refractivity contribution >= 4 is 5.78 Å². The molecule has 88 valence electrons. The van der Waals surface area contributed by atoms with E-state index in [-0.39, 0.29) is 29.6 Å². The molecule has 0 radical (unpaired) electrons. The number of aliphatic hydroxyl groups is 2. The molecule has 0 spiro atoms. The van der Waals surface area contributed by atoms with E-state index < -0.39 is 11.2 Å². The van der Waals surface area contributed by atoms with E-state index in [2.05, 4.69) is 0 Å². The molecule has 3 heteroatoms. The highest BCUT2D eigenvalue weighted by Crippen LogP contribution is 2.93. The van der Waals surface area contributed by atoms with E-state index in [9.17, 15) is 15.0 Å². The van der Waals surface area contributed by atoms with Crippen LogP contribution in [0.1, 0.15) is 6.42 Å². The van der Waals surface area contributed by atoms with Crippen molar-refractivity contribution in [1.29, 1.82) is 0 Å². The van der Waals surface area contributed by atoms with Crippen molar-refractivity contribution < 1.29 is 15.0 Å². The van der Waals surface area contributed by atoms with Crippen molar-refractivity contribution in [2.24, 2.45) is 59.2 Å². The lowest BCUT2D eigenvalue weighted by Gasteiger charge is -2.48. The second kappa shape index (κ2) is 1.60. The first-order valence-corrected chi connectivity index (χ1v) is 7.11. The van der Waals surface area contributed by atoms with Crippen molar-refractivity contribution in [2.75, 3.05) is 0 Å². The van der Waals surface area contributed by atoms with Gasteiger partial charge in [-0.1, -0.05) is 0 Å². The summed E-state index contributed by atoms with van der Waals surface area (Å²) in [5.41, 5.74) is -1.27. The third kappa shape index (κ3) is 0.412. The molecule has 0 aromatic rings. The first-order valence-electron chi connectivity index (χ1n) is 7.11. The number of Topliss-reactive ketones (excluding diaryl/α,β-unsaturated/α-hetero) is 1. The van der Waals surface area contributed by atoms with Crippen molar-refractivity contribution in [2.45, 2.75) is 17.6 Å². The zero-order valence-electron chi connectivity index (χ0n) is 9.28. The minimum absolute atomic E-state index is 0.0489. The minimum atomic E-state index is -0.633. The fourth-order valence-electron chi connectivity index (χ4n) is 8.46. The van der Waals surface area contributed by atoms with Crippen LogP contribution in [0.25, 0.3) is 0 Å². The lowest BCUT2D eigenvalue weighted by Crippen LogP contribution is -2.58. The van der Waals surface area contributed by atoms with Gasteiger partial charge in [-0.2, -0.15) is 0 Å². The molecule has 0 saturated heterocycles. The Morgan fingerprint density at radius 1 is 0.941 bits per heavy atom. The lowest BCUT2D eigenvalue weighted by molar-refractivity contribution is -0.173. The monoisotopic (exact) mass is 230 g/mol. The molecule has 12 bridgehead atoms. The molecule has 9 saturated carbocycles. The van der Waals surface area contributed by atoms with Crippen LogP contribution >= 0.6 is 0 Å². The quantitative estimate of drug-likeness (QED) is 0.599. The molecule has 9 aliphatic rings. The van der Waals surface area contributed by atoms with Crippen LogP contribution in [0.2, 0.25) is 0 Å². The Morgan fingerprint density at radius 2 is 1.53 bits per heavy atom. The van der Waals surface area contributed by atoms with E-state index in [1.54, 1.807) is 0 Å². The topological polar surface area (TPSA) is 57.5 Å². The van der Waals surface area contributed by atoms with E-state index in [1.807, 2.05) is 0 Å². The van der Waals surface area contributed by atoms with Crippen LogP contribution in [-0.2, 0) is 4.79 Å². The average molecular weight is 230 g/mol. The maximum Gasteiger partial charge on any atom is 0.140 e. The smallest absolute Gasteiger partial charge is 0.140 e. The van der Waals surface area contributed by atoms with Gasteiger partial charge >= 0.3 is 0 Å². The number of carbonyl (C=O) groups excluding carboxylic acids is 1. The molecule has 0 amide bonds. The van der Waals surface area contributed by atoms with Crippen LogP contribution in [0.3, 0.4) is 0 Å². The van der Waals surface area contributed by atoms with Gasteiger partial charge in [0.2, 0.25) is 0 Å². The summed E-state index contributed by atoms with van der Waals surface area (Å²) in [7, 11) is 0. The summed E-state index contributed by atoms with van der Waals surface area (Å²) in [6.45, 7) is 0. The highest BCUT2D eigenvalue weighted by Gasteiger charge is 2.99. The Balaban J connectivity index is 1.63. The van der Waals surface area contributed by atoms with Crippen molar-refractivity contribution in [3.8, 4) is 0 Å². The SMILES string of the molecule is O=C1C2[C@@H]3[C@H]2[C@H]2C1[C@@H]3[C@]1(O)C3CC4[C@H]([C@@H]41)[C@]32O. The molecule has 0 aliphatic heterocycles. The van der Waals surface area contributed by atoms with Crippen molar-refractivity contribution in [3.63, 3.8) is 0 Å². The molecule has 17 heavy (non-hydrogen) atoms. The van der Waals surface area contributed by atoms with Gasteiger partial charge in [0.05, 0.1) is 11.2 Å². The maximum atomic E-state index is 12.2. The highest BCUT2D eigenvalue weighted by atomic mass is 16.3. The molecule has 0 heterocycles. The van der Waals surface area contributed by atoms with Crippen LogP contribution in [0.5, 0.6) is 0 Å². The van der Waals surface area contributed by atoms with E-state index in [1.165, 1.54) is 0 Å². The number of ketones is 1. The Bertz CT molecular complexity index is 520. The predicted molar refractivity (Wildman–Crippen MR) is 54.4 cm³/mol. The van der Waals surface area contributed by atoms with Crippen LogP contribution in [0.15, 0.2) is 0 Å². The van der Waals surface area contributed by atoms with Gasteiger partial charge in [-0.05, 0) is 36.0 Å². The molecule has 3 nitrogen and oxygen atoms in total. The normalized spacial score (nSPS) is 90.1. The fourth-order valence-corrected chi connectivity index (χ4v) is 8.46. The van der Waals surface area contributed by atoms with Crippen LogP contribution in [0, 0.1) is 59.2 Å². The molecule has 4 unspecified atom stereocenters. The van der Waals surface area contributed by atoms with Crippen LogP contribution < -0.4 is 0 Å². The Hall–Kier alpha value is -0.410. The van der Waals surface area contributed by atoms with Gasteiger partial charge in [-0.25, -0.2) is 0 Å². The predicted octanol–water partition coefficient (Wildman–Crippen LogP) is -0.335. The number of carbonyl (C=O) groups is 1. The maximum absolute atomic E-state index is 12.2. The molecule has 12 atom stereocenters. The van der Waals surface area contributed by atoms with Gasteiger partial charge in [-0.15, -0.1) is 0 Å². The van der Waals surface area contributed by atoms with Gasteiger partial charge in [0, 0.05) is 29.6 Å². The summed E-state index contributed by atoms with van der Waals surface area (Å²) in [4.78, 5) is 12.2. The summed E-state index contributed by atoms with van der Waals surface area (Å²) < 4.78 is 0. The van der Waals surface area contributed by atoms with Gasteiger partial charge < -0.3 is 10.2 Å². The van der Waals surface area contributed by atoms with E-state index >= 15 is 0 Å². The molecule has 9 aliphatic carbocycles. The third-order valence-electron chi connectivity index (χ3n) is 8.32. The molecule has 0 aromatic heterocycles. The van der Waals surface area contributed by atoms with Gasteiger partial charge in [0.25, 0.3) is 0 Å². The molecule has 9 rings (SSSR count). The zero-order valence-corrected chi connectivity index (χ0v) is 9.28. The Kier molecular flexibility index (Phi) is 0.742. The largest absolute Gasteiger partial charge is 0.389 e. The van der Waals surface area contributed by atoms with Gasteiger partial charge in [0.15, 0.2) is 0 Å². The van der Waals surface area contributed by atoms with Crippen LogP contribution in [-0.4, -0.2) is 27.2 Å². The standard InChI is InChI=1S/C14H14O3/c15-12-6-4-5(6)11-7(12)10(4)13(16)3-1-2-8(13)9(2)14(3,11)17/h2-11,16-17H,1H2/t2?,3?,4-,5+,6?,7?,8-,9-,10+,11-,13-,14+/m1/s1. The molecule has 2 N–H and O–H groups in total. The first kappa shape index (κ1) is 7.90. The van der Waals surface area contributed by atoms with Gasteiger partial charge in [0.1, 0.15) is 5.78 Å². The number of hydrogen-bond acceptors (Lipinski definition) is 3. The lowest BCUT2D eigenvalue weighted by atomic mass is 9.61. The Morgan fingerprint density at radius 3 is 2.00 bits per heavy atom. The fraction of sp³-hybridized carbons (Fsp3) is 0.929. The Labute approximate surface area is 98.2 Å². The number of hydrogen-bond donors (Lipinski definition) is 2. The molecule has 0 aromatic carbocycles. The summed E-state index contributed by atoms with van der Waals surface area (Å²) >= 11 is 0. The van der Waals surface area contributed by atoms with E-state index in [0.717, 1.165) is 6.42 Å². The third-order valence-corrected chi connectivity index (χ3v) is 8.32. The summed E-state index contributed by atoms with van der Waals surface area (Å²) in [5, 5.41) is 22.4. The second-order valence-electron chi connectivity index (χ2n) is 7.94. The first-order chi connectivity index (χ1) is 8.13. The molecular weight excluding hydrogens is 216 g/mol. The summed E-state index contributed by atoms with van der Waals surface area (Å²) in [6.07, 6.45) is 1.04. The average Bonchev–Trinajstić information content (AvgIpc) is 2.92. The van der Waals surface area contributed by atoms with E-state index in [4.69, 9.17) is 0 Å². The highest BCUT2D eigenvalue weighted by molar-refractivity contribution is 5.95. The summed E-state index contributed by atoms with van der Waals surface area (Å²) in [5.74, 6) is 3.61. The van der Waals surface area contributed by atoms with E-state index in [0.29, 0.717) is 35.4 Å². The zero-order chi connectivity index (χ0) is 11.1. The minimum Gasteiger partial charge on any atom is -0.389 e. The van der Waals surface area contributed by atoms with Gasteiger partial charge in [-0.3, -0.25) is 4.79 Å². The summed E-state index contributed by atoms with van der Waals surface area (Å²) in [6, 6.07) is 0. The second-order valence-corrected chi connectivity index (χ2v) is 7.94. The number of rotatable bonds is 0. The van der Waals surface area contributed by atoms with Crippen molar-refractivity contribution in [1.82, 2.24) is 0 Å². The molecular formula is C14H14O3. The van der Waals surface area contributed by atoms with Crippen molar-refractivity contribution in [3.05, 3.63) is 0 Å². The molecule has 9 fully saturated rings. The van der Waals surface area contributed by atoms with Crippen LogP contribution in [0.4, 0.5) is 0 Å².